The normalized spacial score (nSPS) is 20.4. The van der Waals surface area contributed by atoms with Gasteiger partial charge < -0.3 is 20.6 Å². The number of nitrogens with two attached hydrogens (primary N) is 1. The van der Waals surface area contributed by atoms with Gasteiger partial charge >= 0.3 is 0 Å². The van der Waals surface area contributed by atoms with Crippen molar-refractivity contribution in [1.82, 2.24) is 0 Å². The Bertz CT molecular complexity index is 508. The van der Waals surface area contributed by atoms with E-state index in [-0.39, 0.29) is 11.9 Å². The number of benzene rings is 1. The summed E-state index contributed by atoms with van der Waals surface area (Å²) in [7, 11) is 0. The number of rotatable bonds is 4. The van der Waals surface area contributed by atoms with Gasteiger partial charge in [0, 0.05) is 30.3 Å². The maximum absolute atomic E-state index is 9.12. The highest BCUT2D eigenvalue weighted by atomic mass is 32.2. The van der Waals surface area contributed by atoms with E-state index in [0.29, 0.717) is 0 Å². The molecule has 1 aromatic carbocycles. The van der Waals surface area contributed by atoms with Crippen molar-refractivity contribution in [1.29, 1.82) is 0 Å². The van der Waals surface area contributed by atoms with E-state index in [1.807, 2.05) is 18.2 Å². The molecule has 6 heteroatoms. The first-order valence-corrected chi connectivity index (χ1v) is 8.26. The largest absolute Gasteiger partial charge is 0.409 e. The van der Waals surface area contributed by atoms with Gasteiger partial charge in [-0.15, -0.1) is 11.8 Å². The monoisotopic (exact) mass is 309 g/mol. The number of oxime groups is 1. The fraction of sp³-hybridized carbons (Fsp3) is 0.533. The molecule has 2 rings (SSSR count). The molecule has 1 aliphatic heterocycles. The van der Waals surface area contributed by atoms with E-state index < -0.39 is 0 Å². The van der Waals surface area contributed by atoms with Crippen LogP contribution < -0.4 is 10.6 Å². The molecule has 1 atom stereocenters. The summed E-state index contributed by atoms with van der Waals surface area (Å²) in [6, 6.07) is 6.08. The molecule has 1 heterocycles. The van der Waals surface area contributed by atoms with E-state index in [1.54, 1.807) is 11.8 Å². The molecular formula is C15H23N3O2S. The molecule has 0 bridgehead atoms. The molecule has 116 valence electrons. The molecule has 0 aliphatic carbocycles. The third kappa shape index (κ3) is 3.83. The summed E-state index contributed by atoms with van der Waals surface area (Å²) in [5, 5.41) is 12.3. The Balaban J connectivity index is 2.43. The summed E-state index contributed by atoms with van der Waals surface area (Å²) < 4.78 is 5.70. The predicted octanol–water partition coefficient (Wildman–Crippen LogP) is 2.51. The molecule has 1 saturated heterocycles. The Labute approximate surface area is 130 Å². The lowest BCUT2D eigenvalue weighted by atomic mass is 10.1. The van der Waals surface area contributed by atoms with Gasteiger partial charge in [-0.05, 0) is 31.2 Å². The summed E-state index contributed by atoms with van der Waals surface area (Å²) in [4.78, 5) is 3.31. The van der Waals surface area contributed by atoms with Crippen LogP contribution in [-0.2, 0) is 4.74 Å². The van der Waals surface area contributed by atoms with Gasteiger partial charge in [0.25, 0.3) is 0 Å². The third-order valence-electron chi connectivity index (χ3n) is 3.46. The molecular weight excluding hydrogens is 286 g/mol. The predicted molar refractivity (Wildman–Crippen MR) is 87.6 cm³/mol. The van der Waals surface area contributed by atoms with Crippen molar-refractivity contribution in [2.24, 2.45) is 10.9 Å². The van der Waals surface area contributed by atoms with Crippen LogP contribution in [0.25, 0.3) is 0 Å². The van der Waals surface area contributed by atoms with Crippen molar-refractivity contribution in [3.63, 3.8) is 0 Å². The topological polar surface area (TPSA) is 71.1 Å². The maximum Gasteiger partial charge on any atom is 0.173 e. The van der Waals surface area contributed by atoms with Gasteiger partial charge in [0.15, 0.2) is 5.84 Å². The van der Waals surface area contributed by atoms with Crippen LogP contribution in [0.5, 0.6) is 0 Å². The summed E-state index contributed by atoms with van der Waals surface area (Å²) in [6.45, 7) is 6.67. The molecule has 1 aromatic rings. The summed E-state index contributed by atoms with van der Waals surface area (Å²) in [5.74, 6) is 1.11. The van der Waals surface area contributed by atoms with Crippen molar-refractivity contribution in [2.75, 3.05) is 30.3 Å². The quantitative estimate of drug-likeness (QED) is 0.294. The van der Waals surface area contributed by atoms with Crippen LogP contribution in [0.2, 0.25) is 0 Å². The van der Waals surface area contributed by atoms with Crippen LogP contribution >= 0.6 is 11.8 Å². The Morgan fingerprint density at radius 2 is 2.38 bits per heavy atom. The van der Waals surface area contributed by atoms with Gasteiger partial charge in [-0.25, -0.2) is 0 Å². The zero-order chi connectivity index (χ0) is 15.2. The number of anilines is 1. The maximum atomic E-state index is 9.12. The number of hydrogen-bond donors (Lipinski definition) is 2. The zero-order valence-corrected chi connectivity index (χ0v) is 13.4. The van der Waals surface area contributed by atoms with Gasteiger partial charge in [0.05, 0.1) is 11.7 Å². The molecule has 3 N–H and O–H groups in total. The van der Waals surface area contributed by atoms with Crippen LogP contribution in [-0.4, -0.2) is 42.6 Å². The second kappa shape index (κ2) is 7.56. The molecule has 0 saturated carbocycles. The van der Waals surface area contributed by atoms with Crippen LogP contribution in [0.1, 0.15) is 25.8 Å². The van der Waals surface area contributed by atoms with E-state index in [1.165, 1.54) is 0 Å². The highest BCUT2D eigenvalue weighted by molar-refractivity contribution is 7.99. The highest BCUT2D eigenvalue weighted by Crippen LogP contribution is 2.31. The van der Waals surface area contributed by atoms with E-state index >= 15 is 0 Å². The molecule has 5 nitrogen and oxygen atoms in total. The lowest BCUT2D eigenvalue weighted by Gasteiger charge is -2.27. The molecule has 21 heavy (non-hydrogen) atoms. The van der Waals surface area contributed by atoms with Crippen LogP contribution in [0, 0.1) is 0 Å². The molecule has 0 aromatic heterocycles. The fourth-order valence-electron chi connectivity index (χ4n) is 2.58. The average molecular weight is 309 g/mol. The summed E-state index contributed by atoms with van der Waals surface area (Å²) in [6.07, 6.45) is 1.15. The van der Waals surface area contributed by atoms with Gasteiger partial charge in [-0.1, -0.05) is 18.1 Å². The lowest BCUT2D eigenvalue weighted by Crippen LogP contribution is -2.32. The zero-order valence-electron chi connectivity index (χ0n) is 12.6. The molecule has 0 radical (unpaired) electrons. The molecule has 1 fully saturated rings. The minimum absolute atomic E-state index is 0.166. The standard InChI is InChI=1S/C15H23N3O2S/c1-3-21-13-7-4-6-12(14(13)15(16)17-19)18-8-5-9-20-11(2)10-18/h4,6-7,11,19H,3,5,8-10H2,1-2H3,(H2,16,17). The average Bonchev–Trinajstić information content (AvgIpc) is 2.71. The van der Waals surface area contributed by atoms with E-state index in [2.05, 4.69) is 23.9 Å². The first-order valence-electron chi connectivity index (χ1n) is 7.27. The Morgan fingerprint density at radius 1 is 1.57 bits per heavy atom. The smallest absolute Gasteiger partial charge is 0.173 e. The fourth-order valence-corrected chi connectivity index (χ4v) is 3.42. The molecule has 0 amide bonds. The Hall–Kier alpha value is -1.40. The summed E-state index contributed by atoms with van der Waals surface area (Å²) >= 11 is 1.70. The number of amidine groups is 1. The van der Waals surface area contributed by atoms with E-state index in [0.717, 1.165) is 48.0 Å². The van der Waals surface area contributed by atoms with E-state index in [9.17, 15) is 0 Å². The molecule has 1 aliphatic rings. The van der Waals surface area contributed by atoms with E-state index in [4.69, 9.17) is 15.7 Å². The van der Waals surface area contributed by atoms with Crippen molar-refractivity contribution in [2.45, 2.75) is 31.3 Å². The first kappa shape index (κ1) is 16.0. The van der Waals surface area contributed by atoms with Gasteiger partial charge in [0.1, 0.15) is 0 Å². The highest BCUT2D eigenvalue weighted by Gasteiger charge is 2.21. The Kier molecular flexibility index (Phi) is 5.76. The summed E-state index contributed by atoms with van der Waals surface area (Å²) in [5.41, 5.74) is 7.77. The van der Waals surface area contributed by atoms with Crippen molar-refractivity contribution < 1.29 is 9.94 Å². The second-order valence-corrected chi connectivity index (χ2v) is 6.36. The number of hydrogen-bond acceptors (Lipinski definition) is 5. The van der Waals surface area contributed by atoms with Gasteiger partial charge in [-0.2, -0.15) is 0 Å². The number of ether oxygens (including phenoxy) is 1. The van der Waals surface area contributed by atoms with Gasteiger partial charge in [-0.3, -0.25) is 0 Å². The molecule has 1 unspecified atom stereocenters. The number of nitrogens with zero attached hydrogens (tertiary/aromatic N) is 2. The lowest BCUT2D eigenvalue weighted by molar-refractivity contribution is 0.0821. The minimum atomic E-state index is 0.166. The second-order valence-electron chi connectivity index (χ2n) is 5.05. The van der Waals surface area contributed by atoms with Crippen LogP contribution in [0.15, 0.2) is 28.3 Å². The molecule has 0 spiro atoms. The third-order valence-corrected chi connectivity index (χ3v) is 4.40. The van der Waals surface area contributed by atoms with Crippen molar-refractivity contribution in [3.8, 4) is 0 Å². The van der Waals surface area contributed by atoms with Gasteiger partial charge in [0.2, 0.25) is 0 Å². The SMILES string of the molecule is CCSc1cccc(N2CCCOC(C)C2)c1/C(N)=N/O. The first-order chi connectivity index (χ1) is 10.2. The number of thioether (sulfide) groups is 1. The minimum Gasteiger partial charge on any atom is -0.409 e. The van der Waals surface area contributed by atoms with Crippen molar-refractivity contribution in [3.05, 3.63) is 23.8 Å². The van der Waals surface area contributed by atoms with Crippen molar-refractivity contribution >= 4 is 23.3 Å². The van der Waals surface area contributed by atoms with Crippen LogP contribution in [0.3, 0.4) is 0 Å². The van der Waals surface area contributed by atoms with Crippen LogP contribution in [0.4, 0.5) is 5.69 Å². The Morgan fingerprint density at radius 3 is 3.10 bits per heavy atom.